The van der Waals surface area contributed by atoms with Crippen LogP contribution in [0.3, 0.4) is 0 Å². The highest BCUT2D eigenvalue weighted by molar-refractivity contribution is 6.07. The average Bonchev–Trinajstić information content (AvgIpc) is 2.66. The number of aliphatic hydroxyl groups excluding tert-OH is 1. The van der Waals surface area contributed by atoms with Crippen LogP contribution in [0.25, 0.3) is 22.2 Å². The zero-order valence-electron chi connectivity index (χ0n) is 13.5. The topological polar surface area (TPSA) is 62.2 Å². The van der Waals surface area contributed by atoms with Crippen molar-refractivity contribution in [3.63, 3.8) is 0 Å². The lowest BCUT2D eigenvalue weighted by Crippen LogP contribution is -2.39. The molecule has 1 heterocycles. The fourth-order valence-corrected chi connectivity index (χ4v) is 2.49. The van der Waals surface area contributed by atoms with Crippen molar-refractivity contribution in [3.05, 3.63) is 66.0 Å². The third-order valence-electron chi connectivity index (χ3n) is 3.84. The summed E-state index contributed by atoms with van der Waals surface area (Å²) in [5, 5.41) is 11.3. The number of benzene rings is 2. The quantitative estimate of drug-likeness (QED) is 0.733. The first-order chi connectivity index (χ1) is 12.4. The van der Waals surface area contributed by atoms with Gasteiger partial charge >= 0.3 is 0 Å². The monoisotopic (exact) mass is 360 g/mol. The average molecular weight is 360 g/mol. The van der Waals surface area contributed by atoms with Gasteiger partial charge in [-0.1, -0.05) is 18.2 Å². The molecule has 1 aromatic heterocycles. The van der Waals surface area contributed by atoms with E-state index in [-0.39, 0.29) is 5.56 Å². The fraction of sp³-hybridized carbons (Fsp3) is 0.158. The summed E-state index contributed by atoms with van der Waals surface area (Å²) in [6.45, 7) is -2.34. The van der Waals surface area contributed by atoms with E-state index in [2.05, 4.69) is 10.3 Å². The lowest BCUT2D eigenvalue weighted by Gasteiger charge is -2.15. The second-order valence-electron chi connectivity index (χ2n) is 5.78. The molecular weight excluding hydrogens is 345 g/mol. The minimum Gasteiger partial charge on any atom is -0.390 e. The normalized spacial score (nSPS) is 11.5. The number of rotatable bonds is 5. The van der Waals surface area contributed by atoms with E-state index in [1.165, 1.54) is 30.3 Å². The zero-order chi connectivity index (χ0) is 18.7. The Hall–Kier alpha value is -2.93. The second kappa shape index (κ2) is 7.13. The number of hydrogen-bond acceptors (Lipinski definition) is 3. The molecule has 0 unspecified atom stereocenters. The molecule has 1 amide bonds. The lowest BCUT2D eigenvalue weighted by atomic mass is 10.0. The van der Waals surface area contributed by atoms with Gasteiger partial charge in [0.2, 0.25) is 0 Å². The van der Waals surface area contributed by atoms with Gasteiger partial charge in [-0.25, -0.2) is 18.2 Å². The predicted octanol–water partition coefficient (Wildman–Crippen LogP) is 3.40. The Labute approximate surface area is 147 Å². The first-order valence-electron chi connectivity index (χ1n) is 7.82. The molecule has 26 heavy (non-hydrogen) atoms. The highest BCUT2D eigenvalue weighted by Gasteiger charge is 2.28. The smallest absolute Gasteiger partial charge is 0.287 e. The van der Waals surface area contributed by atoms with E-state index in [0.717, 1.165) is 0 Å². The first-order valence-corrected chi connectivity index (χ1v) is 7.82. The van der Waals surface area contributed by atoms with Gasteiger partial charge in [-0.05, 0) is 36.4 Å². The lowest BCUT2D eigenvalue weighted by molar-refractivity contribution is -0.0461. The van der Waals surface area contributed by atoms with Crippen LogP contribution in [0.15, 0.2) is 54.6 Å². The molecule has 2 N–H and O–H groups in total. The molecule has 0 aliphatic rings. The maximum absolute atomic E-state index is 13.2. The Balaban J connectivity index is 2.03. The molecule has 3 rings (SSSR count). The van der Waals surface area contributed by atoms with Gasteiger partial charge < -0.3 is 10.4 Å². The second-order valence-corrected chi connectivity index (χ2v) is 5.78. The van der Waals surface area contributed by atoms with E-state index >= 15 is 0 Å². The Morgan fingerprint density at radius 1 is 1.12 bits per heavy atom. The van der Waals surface area contributed by atoms with Crippen molar-refractivity contribution in [2.75, 3.05) is 13.2 Å². The number of aliphatic hydroxyl groups is 1. The summed E-state index contributed by atoms with van der Waals surface area (Å²) in [6, 6.07) is 13.9. The standard InChI is InChI=1S/C19H15F3N2O2/c20-13-7-5-12(6-8-13)17-9-15(14-3-1-2-4-16(14)24-17)18(26)23-10-19(21,22)11-25/h1-9,25H,10-11H2,(H,23,26). The molecule has 0 fully saturated rings. The molecule has 0 aliphatic carbocycles. The maximum atomic E-state index is 13.2. The molecule has 2 aromatic carbocycles. The van der Waals surface area contributed by atoms with Crippen LogP contribution >= 0.6 is 0 Å². The van der Waals surface area contributed by atoms with Gasteiger partial charge in [0.25, 0.3) is 11.8 Å². The molecule has 0 atom stereocenters. The number of aromatic nitrogens is 1. The van der Waals surface area contributed by atoms with Crippen molar-refractivity contribution >= 4 is 16.8 Å². The molecule has 7 heteroatoms. The van der Waals surface area contributed by atoms with Crippen molar-refractivity contribution in [2.24, 2.45) is 0 Å². The van der Waals surface area contributed by atoms with Crippen molar-refractivity contribution in [2.45, 2.75) is 5.92 Å². The summed E-state index contributed by atoms with van der Waals surface area (Å²) < 4.78 is 39.6. The minimum absolute atomic E-state index is 0.170. The van der Waals surface area contributed by atoms with E-state index in [4.69, 9.17) is 5.11 Å². The van der Waals surface area contributed by atoms with Crippen LogP contribution in [-0.4, -0.2) is 35.1 Å². The van der Waals surface area contributed by atoms with Gasteiger partial charge in [0.15, 0.2) is 0 Å². The number of pyridine rings is 1. The van der Waals surface area contributed by atoms with E-state index < -0.39 is 30.8 Å². The molecule has 0 bridgehead atoms. The fourth-order valence-electron chi connectivity index (χ4n) is 2.49. The van der Waals surface area contributed by atoms with Crippen molar-refractivity contribution in [1.82, 2.24) is 10.3 Å². The highest BCUT2D eigenvalue weighted by Crippen LogP contribution is 2.25. The van der Waals surface area contributed by atoms with Crippen LogP contribution in [0, 0.1) is 5.82 Å². The zero-order valence-corrected chi connectivity index (χ0v) is 13.5. The number of halogens is 3. The van der Waals surface area contributed by atoms with Crippen molar-refractivity contribution in [3.8, 4) is 11.3 Å². The number of nitrogens with one attached hydrogen (secondary N) is 1. The molecule has 134 valence electrons. The number of amides is 1. The van der Waals surface area contributed by atoms with Crippen molar-refractivity contribution in [1.29, 1.82) is 0 Å². The predicted molar refractivity (Wildman–Crippen MR) is 91.5 cm³/mol. The first kappa shape index (κ1) is 17.9. The number of hydrogen-bond donors (Lipinski definition) is 2. The highest BCUT2D eigenvalue weighted by atomic mass is 19.3. The Morgan fingerprint density at radius 3 is 2.50 bits per heavy atom. The number of nitrogens with zero attached hydrogens (tertiary/aromatic N) is 1. The van der Waals surface area contributed by atoms with Gasteiger partial charge in [0, 0.05) is 10.9 Å². The molecule has 0 spiro atoms. The summed E-state index contributed by atoms with van der Waals surface area (Å²) in [4.78, 5) is 16.9. The van der Waals surface area contributed by atoms with Crippen molar-refractivity contribution < 1.29 is 23.1 Å². The summed E-state index contributed by atoms with van der Waals surface area (Å²) in [5.41, 5.74) is 1.69. The molecule has 0 radical (unpaired) electrons. The van der Waals surface area contributed by atoms with Crippen LogP contribution in [0.1, 0.15) is 10.4 Å². The van der Waals surface area contributed by atoms with Crippen LogP contribution in [0.5, 0.6) is 0 Å². The Bertz CT molecular complexity index is 943. The van der Waals surface area contributed by atoms with Gasteiger partial charge in [-0.3, -0.25) is 4.79 Å². The summed E-state index contributed by atoms with van der Waals surface area (Å²) >= 11 is 0. The number of carbonyl (C=O) groups is 1. The number of para-hydroxylation sites is 1. The number of alkyl halides is 2. The molecular formula is C19H15F3N2O2. The molecule has 4 nitrogen and oxygen atoms in total. The number of fused-ring (bicyclic) bond motifs is 1. The van der Waals surface area contributed by atoms with Gasteiger partial charge in [-0.15, -0.1) is 0 Å². The number of carbonyl (C=O) groups excluding carboxylic acids is 1. The van der Waals surface area contributed by atoms with Gasteiger partial charge in [0.05, 0.1) is 23.3 Å². The summed E-state index contributed by atoms with van der Waals surface area (Å²) in [6.07, 6.45) is 0. The van der Waals surface area contributed by atoms with Crippen LogP contribution in [0.2, 0.25) is 0 Å². The van der Waals surface area contributed by atoms with Crippen LogP contribution in [0.4, 0.5) is 13.2 Å². The van der Waals surface area contributed by atoms with E-state index in [1.54, 1.807) is 24.3 Å². The minimum atomic E-state index is -3.40. The van der Waals surface area contributed by atoms with Gasteiger partial charge in [-0.2, -0.15) is 0 Å². The third kappa shape index (κ3) is 3.83. The summed E-state index contributed by atoms with van der Waals surface area (Å²) in [7, 11) is 0. The van der Waals surface area contributed by atoms with E-state index in [9.17, 15) is 18.0 Å². The summed E-state index contributed by atoms with van der Waals surface area (Å²) in [5.74, 6) is -4.52. The largest absolute Gasteiger partial charge is 0.390 e. The van der Waals surface area contributed by atoms with Crippen LogP contribution in [-0.2, 0) is 0 Å². The van der Waals surface area contributed by atoms with Crippen LogP contribution < -0.4 is 5.32 Å². The Morgan fingerprint density at radius 2 is 1.81 bits per heavy atom. The van der Waals surface area contributed by atoms with E-state index in [0.29, 0.717) is 22.2 Å². The van der Waals surface area contributed by atoms with E-state index in [1.807, 2.05) is 0 Å². The molecule has 3 aromatic rings. The SMILES string of the molecule is O=C(NCC(F)(F)CO)c1cc(-c2ccc(F)cc2)nc2ccccc12. The maximum Gasteiger partial charge on any atom is 0.287 e. The van der Waals surface area contributed by atoms with Gasteiger partial charge in [0.1, 0.15) is 12.4 Å². The molecule has 0 saturated heterocycles. The molecule has 0 saturated carbocycles. The molecule has 0 aliphatic heterocycles. The Kier molecular flexibility index (Phi) is 4.90. The third-order valence-corrected chi connectivity index (χ3v) is 3.84.